The second-order valence-corrected chi connectivity index (χ2v) is 6.86. The summed E-state index contributed by atoms with van der Waals surface area (Å²) in [5.41, 5.74) is 3.07. The van der Waals surface area contributed by atoms with E-state index in [-0.39, 0.29) is 30.3 Å². The fraction of sp³-hybridized carbons (Fsp3) is 0.286. The first kappa shape index (κ1) is 16.5. The molecular formula is C21H20N2O3. The summed E-state index contributed by atoms with van der Waals surface area (Å²) in [6.45, 7) is 2.31. The molecule has 5 nitrogen and oxygen atoms in total. The standard InChI is InChI=1S/C21H20N2O3/c1-14-13-15-7-2-5-10-18(15)23(14)19(24)11-6-12-22-20(25)16-8-3-4-9-17(16)21(22)26/h2-5,7-10,14H,6,11-13H2,1H3. The lowest BCUT2D eigenvalue weighted by atomic mass is 10.1. The number of imide groups is 1. The van der Waals surface area contributed by atoms with E-state index in [9.17, 15) is 14.4 Å². The largest absolute Gasteiger partial charge is 0.309 e. The molecule has 2 heterocycles. The number of fused-ring (bicyclic) bond motifs is 2. The van der Waals surface area contributed by atoms with Gasteiger partial charge >= 0.3 is 0 Å². The third kappa shape index (κ3) is 2.60. The SMILES string of the molecule is CC1Cc2ccccc2N1C(=O)CCCN1C(=O)c2ccccc2C1=O. The fourth-order valence-corrected chi connectivity index (χ4v) is 3.90. The van der Waals surface area contributed by atoms with E-state index in [1.54, 1.807) is 24.3 Å². The molecule has 2 aliphatic heterocycles. The highest BCUT2D eigenvalue weighted by atomic mass is 16.2. The van der Waals surface area contributed by atoms with Crippen LogP contribution in [0, 0.1) is 0 Å². The van der Waals surface area contributed by atoms with Gasteiger partial charge in [0.05, 0.1) is 11.1 Å². The maximum absolute atomic E-state index is 12.7. The minimum atomic E-state index is -0.266. The normalized spacial score (nSPS) is 18.3. The number of hydrogen-bond donors (Lipinski definition) is 0. The smallest absolute Gasteiger partial charge is 0.261 e. The summed E-state index contributed by atoms with van der Waals surface area (Å²) < 4.78 is 0. The lowest BCUT2D eigenvalue weighted by Gasteiger charge is -2.23. The Morgan fingerprint density at radius 1 is 1.00 bits per heavy atom. The van der Waals surface area contributed by atoms with Gasteiger partial charge in [-0.3, -0.25) is 19.3 Å². The van der Waals surface area contributed by atoms with Crippen molar-refractivity contribution in [1.29, 1.82) is 0 Å². The number of rotatable bonds is 4. The third-order valence-electron chi connectivity index (χ3n) is 5.13. The maximum atomic E-state index is 12.7. The molecule has 1 unspecified atom stereocenters. The van der Waals surface area contributed by atoms with E-state index < -0.39 is 0 Å². The van der Waals surface area contributed by atoms with Crippen molar-refractivity contribution in [3.63, 3.8) is 0 Å². The van der Waals surface area contributed by atoms with Crippen LogP contribution in [-0.4, -0.2) is 35.2 Å². The van der Waals surface area contributed by atoms with Crippen LogP contribution in [0.25, 0.3) is 0 Å². The third-order valence-corrected chi connectivity index (χ3v) is 5.13. The van der Waals surface area contributed by atoms with Crippen LogP contribution in [0.3, 0.4) is 0 Å². The van der Waals surface area contributed by atoms with Crippen molar-refractivity contribution >= 4 is 23.4 Å². The number of para-hydroxylation sites is 1. The van der Waals surface area contributed by atoms with Crippen LogP contribution in [0.5, 0.6) is 0 Å². The van der Waals surface area contributed by atoms with E-state index in [1.807, 2.05) is 30.0 Å². The number of amides is 3. The number of carbonyl (C=O) groups excluding carboxylic acids is 3. The summed E-state index contributed by atoms with van der Waals surface area (Å²) in [6, 6.07) is 14.9. The zero-order chi connectivity index (χ0) is 18.3. The molecule has 0 spiro atoms. The first-order valence-electron chi connectivity index (χ1n) is 8.93. The van der Waals surface area contributed by atoms with Crippen molar-refractivity contribution in [2.75, 3.05) is 11.4 Å². The lowest BCUT2D eigenvalue weighted by molar-refractivity contribution is -0.119. The first-order valence-corrected chi connectivity index (χ1v) is 8.93. The van der Waals surface area contributed by atoms with Gasteiger partial charge in [-0.25, -0.2) is 0 Å². The molecule has 0 aliphatic carbocycles. The molecule has 0 saturated heterocycles. The van der Waals surface area contributed by atoms with Crippen molar-refractivity contribution in [1.82, 2.24) is 4.90 Å². The molecule has 1 atom stereocenters. The Bertz CT molecular complexity index is 871. The van der Waals surface area contributed by atoms with E-state index in [0.717, 1.165) is 12.1 Å². The Hall–Kier alpha value is -2.95. The van der Waals surface area contributed by atoms with Crippen molar-refractivity contribution in [2.24, 2.45) is 0 Å². The minimum absolute atomic E-state index is 0.0408. The summed E-state index contributed by atoms with van der Waals surface area (Å²) >= 11 is 0. The van der Waals surface area contributed by atoms with E-state index in [1.165, 1.54) is 10.5 Å². The predicted octanol–water partition coefficient (Wildman–Crippen LogP) is 3.04. The van der Waals surface area contributed by atoms with Crippen LogP contribution >= 0.6 is 0 Å². The van der Waals surface area contributed by atoms with E-state index in [4.69, 9.17) is 0 Å². The summed E-state index contributed by atoms with van der Waals surface area (Å²) in [6.07, 6.45) is 1.64. The van der Waals surface area contributed by atoms with Gasteiger partial charge < -0.3 is 4.90 Å². The van der Waals surface area contributed by atoms with Gasteiger partial charge in [-0.2, -0.15) is 0 Å². The zero-order valence-electron chi connectivity index (χ0n) is 14.6. The van der Waals surface area contributed by atoms with Gasteiger partial charge in [-0.15, -0.1) is 0 Å². The lowest BCUT2D eigenvalue weighted by Crippen LogP contribution is -2.36. The van der Waals surface area contributed by atoms with Crippen molar-refractivity contribution in [3.05, 3.63) is 65.2 Å². The molecule has 0 N–H and O–H groups in total. The van der Waals surface area contributed by atoms with Crippen LogP contribution in [0.15, 0.2) is 48.5 Å². The zero-order valence-corrected chi connectivity index (χ0v) is 14.6. The molecule has 2 aliphatic rings. The highest BCUT2D eigenvalue weighted by molar-refractivity contribution is 6.21. The Morgan fingerprint density at radius 3 is 2.31 bits per heavy atom. The van der Waals surface area contributed by atoms with Crippen LogP contribution in [0.1, 0.15) is 46.0 Å². The molecule has 3 amide bonds. The molecule has 0 aromatic heterocycles. The van der Waals surface area contributed by atoms with Gasteiger partial charge in [0.1, 0.15) is 0 Å². The average molecular weight is 348 g/mol. The van der Waals surface area contributed by atoms with Gasteiger partial charge in [-0.05, 0) is 43.5 Å². The van der Waals surface area contributed by atoms with Crippen molar-refractivity contribution < 1.29 is 14.4 Å². The summed E-state index contributed by atoms with van der Waals surface area (Å²) in [5, 5.41) is 0. The minimum Gasteiger partial charge on any atom is -0.309 e. The van der Waals surface area contributed by atoms with Gasteiger partial charge in [0, 0.05) is 24.7 Å². The molecule has 0 fully saturated rings. The first-order chi connectivity index (χ1) is 12.6. The predicted molar refractivity (Wildman–Crippen MR) is 98.1 cm³/mol. The summed E-state index contributed by atoms with van der Waals surface area (Å²) in [4.78, 5) is 40.5. The molecule has 0 radical (unpaired) electrons. The maximum Gasteiger partial charge on any atom is 0.261 e. The van der Waals surface area contributed by atoms with Gasteiger partial charge in [-0.1, -0.05) is 30.3 Å². The van der Waals surface area contributed by atoms with E-state index in [0.29, 0.717) is 24.0 Å². The highest BCUT2D eigenvalue weighted by Gasteiger charge is 2.35. The average Bonchev–Trinajstić information content (AvgIpc) is 3.10. The molecule has 2 aromatic rings. The van der Waals surface area contributed by atoms with Crippen LogP contribution in [-0.2, 0) is 11.2 Å². The number of anilines is 1. The number of benzene rings is 2. The van der Waals surface area contributed by atoms with Gasteiger partial charge in [0.15, 0.2) is 0 Å². The molecule has 132 valence electrons. The van der Waals surface area contributed by atoms with Crippen LogP contribution < -0.4 is 4.90 Å². The fourth-order valence-electron chi connectivity index (χ4n) is 3.90. The second-order valence-electron chi connectivity index (χ2n) is 6.86. The number of hydrogen-bond acceptors (Lipinski definition) is 3. The number of carbonyl (C=O) groups is 3. The molecule has 2 aromatic carbocycles. The van der Waals surface area contributed by atoms with Gasteiger partial charge in [0.2, 0.25) is 5.91 Å². The Balaban J connectivity index is 1.39. The molecule has 4 rings (SSSR count). The summed E-state index contributed by atoms with van der Waals surface area (Å²) in [5.74, 6) is -0.491. The quantitative estimate of drug-likeness (QED) is 0.798. The van der Waals surface area contributed by atoms with Crippen molar-refractivity contribution in [3.8, 4) is 0 Å². The van der Waals surface area contributed by atoms with E-state index in [2.05, 4.69) is 6.07 Å². The Morgan fingerprint density at radius 2 is 1.62 bits per heavy atom. The monoisotopic (exact) mass is 348 g/mol. The Labute approximate surface area is 152 Å². The Kier molecular flexibility index (Phi) is 4.07. The molecule has 26 heavy (non-hydrogen) atoms. The second kappa shape index (κ2) is 6.41. The van der Waals surface area contributed by atoms with E-state index >= 15 is 0 Å². The molecule has 0 bridgehead atoms. The van der Waals surface area contributed by atoms with Crippen LogP contribution in [0.2, 0.25) is 0 Å². The topological polar surface area (TPSA) is 57.7 Å². The highest BCUT2D eigenvalue weighted by Crippen LogP contribution is 2.32. The van der Waals surface area contributed by atoms with Crippen molar-refractivity contribution in [2.45, 2.75) is 32.2 Å². The molecule has 0 saturated carbocycles. The number of nitrogens with zero attached hydrogens (tertiary/aromatic N) is 2. The summed E-state index contributed by atoms with van der Waals surface area (Å²) in [7, 11) is 0. The van der Waals surface area contributed by atoms with Gasteiger partial charge in [0.25, 0.3) is 11.8 Å². The molecular weight excluding hydrogens is 328 g/mol. The molecule has 5 heteroatoms. The van der Waals surface area contributed by atoms with Crippen LogP contribution in [0.4, 0.5) is 5.69 Å².